The molecule has 3 nitrogen and oxygen atoms in total. The smallest absolute Gasteiger partial charge is 0.168 e. The van der Waals surface area contributed by atoms with Crippen molar-refractivity contribution in [1.29, 1.82) is 0 Å². The molecule has 1 saturated heterocycles. The van der Waals surface area contributed by atoms with Crippen LogP contribution in [-0.4, -0.2) is 22.0 Å². The molecule has 1 aliphatic heterocycles. The lowest BCUT2D eigenvalue weighted by Gasteiger charge is -2.26. The molecule has 1 aliphatic rings. The molecule has 0 bridgehead atoms. The molecule has 0 spiro atoms. The Balaban J connectivity index is 1.97. The highest BCUT2D eigenvalue weighted by Crippen LogP contribution is 2.43. The van der Waals surface area contributed by atoms with Crippen LogP contribution in [0.2, 0.25) is 0 Å². The highest BCUT2D eigenvalue weighted by molar-refractivity contribution is 6.01. The van der Waals surface area contributed by atoms with Crippen LogP contribution in [0.25, 0.3) is 10.9 Å². The van der Waals surface area contributed by atoms with Gasteiger partial charge in [-0.25, -0.2) is 0 Å². The fraction of sp³-hybridized carbons (Fsp3) is 0.444. The molecule has 3 rings (SSSR count). The first-order chi connectivity index (χ1) is 9.78. The molecule has 2 heterocycles. The van der Waals surface area contributed by atoms with Crippen molar-refractivity contribution in [2.75, 3.05) is 0 Å². The molecule has 1 atom stereocenters. The van der Waals surface area contributed by atoms with Crippen LogP contribution in [0.1, 0.15) is 44.5 Å². The Hall–Kier alpha value is -1.74. The van der Waals surface area contributed by atoms with Gasteiger partial charge in [-0.15, -0.1) is 0 Å². The SMILES string of the molecule is CC1(C)CC(C(=O)c2ccc3ncccc3c2)C(C)(C)O1. The number of carbonyl (C=O) groups is 1. The number of Topliss-reactive ketones (excluding diaryl/α,β-unsaturated/α-hetero) is 1. The third kappa shape index (κ3) is 2.58. The van der Waals surface area contributed by atoms with Gasteiger partial charge in [0.1, 0.15) is 0 Å². The van der Waals surface area contributed by atoms with Gasteiger partial charge in [0, 0.05) is 17.1 Å². The van der Waals surface area contributed by atoms with E-state index in [0.717, 1.165) is 22.9 Å². The summed E-state index contributed by atoms with van der Waals surface area (Å²) < 4.78 is 6.05. The second-order valence-electron chi connectivity index (χ2n) is 7.00. The minimum absolute atomic E-state index is 0.110. The molecular formula is C18H21NO2. The number of pyridine rings is 1. The van der Waals surface area contributed by atoms with E-state index in [1.54, 1.807) is 6.20 Å². The second-order valence-corrected chi connectivity index (χ2v) is 7.00. The molecule has 1 fully saturated rings. The lowest BCUT2D eigenvalue weighted by molar-refractivity contribution is -0.0712. The molecule has 110 valence electrons. The summed E-state index contributed by atoms with van der Waals surface area (Å²) in [5.74, 6) is 0.0537. The first-order valence-corrected chi connectivity index (χ1v) is 7.38. The number of carbonyl (C=O) groups excluding carboxylic acids is 1. The molecule has 21 heavy (non-hydrogen) atoms. The third-order valence-electron chi connectivity index (χ3n) is 4.28. The number of benzene rings is 1. The third-order valence-corrected chi connectivity index (χ3v) is 4.28. The second kappa shape index (κ2) is 4.63. The summed E-state index contributed by atoms with van der Waals surface area (Å²) in [6, 6.07) is 9.60. The predicted octanol–water partition coefficient (Wildman–Crippen LogP) is 4.01. The zero-order chi connectivity index (χ0) is 15.3. The summed E-state index contributed by atoms with van der Waals surface area (Å²) in [5, 5.41) is 0.999. The number of hydrogen-bond acceptors (Lipinski definition) is 3. The Morgan fingerprint density at radius 2 is 2.00 bits per heavy atom. The molecule has 3 heteroatoms. The Bertz CT molecular complexity index is 703. The summed E-state index contributed by atoms with van der Waals surface area (Å²) in [4.78, 5) is 17.2. The maximum absolute atomic E-state index is 12.9. The zero-order valence-electron chi connectivity index (χ0n) is 13.0. The fourth-order valence-corrected chi connectivity index (χ4v) is 3.40. The topological polar surface area (TPSA) is 39.2 Å². The first-order valence-electron chi connectivity index (χ1n) is 7.38. The van der Waals surface area contributed by atoms with Crippen LogP contribution in [-0.2, 0) is 4.74 Å². The molecule has 0 saturated carbocycles. The number of ketones is 1. The highest BCUT2D eigenvalue weighted by Gasteiger charge is 2.49. The molecule has 0 aliphatic carbocycles. The molecular weight excluding hydrogens is 262 g/mol. The minimum Gasteiger partial charge on any atom is -0.369 e. The van der Waals surface area contributed by atoms with Gasteiger partial charge in [0.15, 0.2) is 5.78 Å². The molecule has 1 unspecified atom stereocenters. The fourth-order valence-electron chi connectivity index (χ4n) is 3.40. The van der Waals surface area contributed by atoms with E-state index in [4.69, 9.17) is 4.74 Å². The van der Waals surface area contributed by atoms with Crippen molar-refractivity contribution in [3.63, 3.8) is 0 Å². The van der Waals surface area contributed by atoms with Gasteiger partial charge in [-0.1, -0.05) is 6.07 Å². The van der Waals surface area contributed by atoms with E-state index < -0.39 is 5.60 Å². The van der Waals surface area contributed by atoms with Gasteiger partial charge in [-0.3, -0.25) is 9.78 Å². The number of nitrogens with zero attached hydrogens (tertiary/aromatic N) is 1. The van der Waals surface area contributed by atoms with E-state index in [9.17, 15) is 4.79 Å². The van der Waals surface area contributed by atoms with Gasteiger partial charge >= 0.3 is 0 Å². The van der Waals surface area contributed by atoms with E-state index in [0.29, 0.717) is 0 Å². The molecule has 0 radical (unpaired) electrons. The van der Waals surface area contributed by atoms with Crippen molar-refractivity contribution in [3.8, 4) is 0 Å². The number of fused-ring (bicyclic) bond motifs is 1. The van der Waals surface area contributed by atoms with E-state index in [1.807, 2.05) is 58.0 Å². The average Bonchev–Trinajstić information content (AvgIpc) is 2.65. The van der Waals surface area contributed by atoms with Crippen LogP contribution in [0, 0.1) is 5.92 Å². The van der Waals surface area contributed by atoms with Gasteiger partial charge in [0.05, 0.1) is 22.6 Å². The molecule has 1 aromatic carbocycles. The first kappa shape index (κ1) is 14.2. The van der Waals surface area contributed by atoms with E-state index in [-0.39, 0.29) is 17.3 Å². The lowest BCUT2D eigenvalue weighted by atomic mass is 9.81. The van der Waals surface area contributed by atoms with Gasteiger partial charge in [-0.05, 0) is 58.4 Å². The van der Waals surface area contributed by atoms with Crippen LogP contribution in [0.3, 0.4) is 0 Å². The van der Waals surface area contributed by atoms with Crippen molar-refractivity contribution in [2.24, 2.45) is 5.92 Å². The van der Waals surface area contributed by atoms with E-state index >= 15 is 0 Å². The van der Waals surface area contributed by atoms with Crippen LogP contribution < -0.4 is 0 Å². The quantitative estimate of drug-likeness (QED) is 0.782. The normalized spacial score (nSPS) is 23.3. The zero-order valence-corrected chi connectivity index (χ0v) is 13.0. The van der Waals surface area contributed by atoms with Crippen molar-refractivity contribution in [3.05, 3.63) is 42.1 Å². The molecule has 0 N–H and O–H groups in total. The van der Waals surface area contributed by atoms with Crippen LogP contribution >= 0.6 is 0 Å². The van der Waals surface area contributed by atoms with Gasteiger partial charge in [0.2, 0.25) is 0 Å². The van der Waals surface area contributed by atoms with Crippen LogP contribution in [0.4, 0.5) is 0 Å². The Labute approximate surface area is 125 Å². The summed E-state index contributed by atoms with van der Waals surface area (Å²) in [5.41, 5.74) is 0.985. The highest BCUT2D eigenvalue weighted by atomic mass is 16.5. The number of hydrogen-bond donors (Lipinski definition) is 0. The lowest BCUT2D eigenvalue weighted by Crippen LogP contribution is -2.33. The average molecular weight is 283 g/mol. The number of rotatable bonds is 2. The van der Waals surface area contributed by atoms with Crippen molar-refractivity contribution in [2.45, 2.75) is 45.3 Å². The standard InChI is InChI=1S/C18H21NO2/c1-17(2)11-14(18(3,4)21-17)16(20)13-7-8-15-12(10-13)6-5-9-19-15/h5-10,14H,11H2,1-4H3. The van der Waals surface area contributed by atoms with Crippen molar-refractivity contribution >= 4 is 16.7 Å². The Morgan fingerprint density at radius 1 is 1.24 bits per heavy atom. The summed E-state index contributed by atoms with van der Waals surface area (Å²) in [7, 11) is 0. The predicted molar refractivity (Wildman–Crippen MR) is 83.4 cm³/mol. The summed E-state index contributed by atoms with van der Waals surface area (Å²) in [6.07, 6.45) is 2.52. The van der Waals surface area contributed by atoms with E-state index in [1.165, 1.54) is 0 Å². The van der Waals surface area contributed by atoms with Crippen LogP contribution in [0.5, 0.6) is 0 Å². The largest absolute Gasteiger partial charge is 0.369 e. The molecule has 1 aromatic heterocycles. The Morgan fingerprint density at radius 3 is 2.67 bits per heavy atom. The number of ether oxygens (including phenoxy) is 1. The molecule has 2 aromatic rings. The molecule has 0 amide bonds. The van der Waals surface area contributed by atoms with Gasteiger partial charge < -0.3 is 4.74 Å². The summed E-state index contributed by atoms with van der Waals surface area (Å²) in [6.45, 7) is 8.11. The van der Waals surface area contributed by atoms with Crippen LogP contribution in [0.15, 0.2) is 36.5 Å². The maximum Gasteiger partial charge on any atom is 0.168 e. The maximum atomic E-state index is 12.9. The Kier molecular flexibility index (Phi) is 3.14. The van der Waals surface area contributed by atoms with Gasteiger partial charge in [-0.2, -0.15) is 0 Å². The monoisotopic (exact) mass is 283 g/mol. The van der Waals surface area contributed by atoms with Crippen molar-refractivity contribution < 1.29 is 9.53 Å². The van der Waals surface area contributed by atoms with Gasteiger partial charge in [0.25, 0.3) is 0 Å². The van der Waals surface area contributed by atoms with Crippen molar-refractivity contribution in [1.82, 2.24) is 4.98 Å². The minimum atomic E-state index is -0.426. The summed E-state index contributed by atoms with van der Waals surface area (Å²) >= 11 is 0. The number of aromatic nitrogens is 1. The van der Waals surface area contributed by atoms with E-state index in [2.05, 4.69) is 4.98 Å².